The van der Waals surface area contributed by atoms with Gasteiger partial charge < -0.3 is 25.2 Å². The summed E-state index contributed by atoms with van der Waals surface area (Å²) in [5.74, 6) is -2.27. The number of hydrogen-bond donors (Lipinski definition) is 4. The predicted molar refractivity (Wildman–Crippen MR) is 110 cm³/mol. The van der Waals surface area contributed by atoms with Gasteiger partial charge in [-0.1, -0.05) is 43.7 Å². The van der Waals surface area contributed by atoms with Crippen LogP contribution in [0.2, 0.25) is 5.02 Å². The average molecular weight is 445 g/mol. The number of aliphatic hydroxyl groups excluding tert-OH is 2. The Bertz CT molecular complexity index is 747. The standard InChI is InChI=1S/C21H29ClO8/c1-13-15(11-23)19(27)14(20(28)18(13)22)9-7-5-3-2-4-6-8-10-17(26)30-21(29)16(25)12-24/h11,16,24-25,27-28H,2-10,12H2,1H3. The van der Waals surface area contributed by atoms with Gasteiger partial charge in [0.2, 0.25) is 0 Å². The number of esters is 2. The van der Waals surface area contributed by atoms with E-state index in [9.17, 15) is 24.6 Å². The van der Waals surface area contributed by atoms with Crippen LogP contribution in [0, 0.1) is 6.92 Å². The van der Waals surface area contributed by atoms with E-state index in [-0.39, 0.29) is 34.1 Å². The van der Waals surface area contributed by atoms with E-state index in [1.54, 1.807) is 6.92 Å². The predicted octanol–water partition coefficient (Wildman–Crippen LogP) is 2.96. The summed E-state index contributed by atoms with van der Waals surface area (Å²) in [6, 6.07) is 0. The van der Waals surface area contributed by atoms with Crippen molar-refractivity contribution in [1.82, 2.24) is 0 Å². The fourth-order valence-corrected chi connectivity index (χ4v) is 3.24. The molecule has 8 nitrogen and oxygen atoms in total. The molecule has 0 aliphatic heterocycles. The average Bonchev–Trinajstić information content (AvgIpc) is 2.72. The summed E-state index contributed by atoms with van der Waals surface area (Å²) in [6.45, 7) is 0.770. The number of hydrogen-bond acceptors (Lipinski definition) is 8. The highest BCUT2D eigenvalue weighted by molar-refractivity contribution is 6.33. The largest absolute Gasteiger partial charge is 0.507 e. The summed E-state index contributed by atoms with van der Waals surface area (Å²) >= 11 is 6.03. The third kappa shape index (κ3) is 7.59. The maximum atomic E-state index is 11.4. The molecular formula is C21H29ClO8. The Kier molecular flexibility index (Phi) is 11.4. The molecule has 0 radical (unpaired) electrons. The number of phenolic OH excluding ortho intramolecular Hbond substituents is 2. The molecule has 1 unspecified atom stereocenters. The minimum Gasteiger partial charge on any atom is -0.507 e. The molecule has 0 heterocycles. The smallest absolute Gasteiger partial charge is 0.345 e. The van der Waals surface area contributed by atoms with Crippen molar-refractivity contribution in [1.29, 1.82) is 0 Å². The summed E-state index contributed by atoms with van der Waals surface area (Å²) < 4.78 is 4.40. The molecule has 1 aromatic carbocycles. The Morgan fingerprint density at radius 2 is 1.60 bits per heavy atom. The van der Waals surface area contributed by atoms with Crippen molar-refractivity contribution in [2.45, 2.75) is 70.8 Å². The Balaban J connectivity index is 2.23. The zero-order valence-corrected chi connectivity index (χ0v) is 17.8. The van der Waals surface area contributed by atoms with E-state index in [1.165, 1.54) is 0 Å². The summed E-state index contributed by atoms with van der Waals surface area (Å²) in [5, 5.41) is 38.0. The van der Waals surface area contributed by atoms with Gasteiger partial charge in [-0.25, -0.2) is 4.79 Å². The summed E-state index contributed by atoms with van der Waals surface area (Å²) in [7, 11) is 0. The molecule has 1 rings (SSSR count). The first-order valence-electron chi connectivity index (χ1n) is 9.96. The molecule has 1 atom stereocenters. The fourth-order valence-electron chi connectivity index (χ4n) is 3.02. The number of rotatable bonds is 13. The maximum Gasteiger partial charge on any atom is 0.345 e. The van der Waals surface area contributed by atoms with Crippen molar-refractivity contribution in [2.24, 2.45) is 0 Å². The summed E-state index contributed by atoms with van der Waals surface area (Å²) in [6.07, 6.45) is 4.95. The van der Waals surface area contributed by atoms with Crippen LogP contribution in [0.1, 0.15) is 72.9 Å². The van der Waals surface area contributed by atoms with Gasteiger partial charge in [0.25, 0.3) is 0 Å². The third-order valence-corrected chi connectivity index (χ3v) is 5.32. The first-order valence-corrected chi connectivity index (χ1v) is 10.3. The minimum atomic E-state index is -1.70. The van der Waals surface area contributed by atoms with Crippen LogP contribution in [0.5, 0.6) is 11.5 Å². The quantitative estimate of drug-likeness (QED) is 0.157. The number of aliphatic hydroxyl groups is 2. The zero-order valence-electron chi connectivity index (χ0n) is 17.0. The summed E-state index contributed by atoms with van der Waals surface area (Å²) in [4.78, 5) is 33.7. The number of ether oxygens (including phenoxy) is 1. The first kappa shape index (κ1) is 25.9. The van der Waals surface area contributed by atoms with Crippen molar-refractivity contribution < 1.29 is 39.5 Å². The lowest BCUT2D eigenvalue weighted by atomic mass is 9.98. The van der Waals surface area contributed by atoms with Gasteiger partial charge in [0.05, 0.1) is 17.2 Å². The molecule has 30 heavy (non-hydrogen) atoms. The number of carbonyl (C=O) groups excluding carboxylic acids is 3. The van der Waals surface area contributed by atoms with Crippen LogP contribution in [-0.4, -0.2) is 51.4 Å². The molecule has 0 fully saturated rings. The topological polar surface area (TPSA) is 141 Å². The first-order chi connectivity index (χ1) is 14.2. The molecule has 0 saturated heterocycles. The SMILES string of the molecule is Cc1c(Cl)c(O)c(CCCCCCCCCC(=O)OC(=O)C(O)CO)c(O)c1C=O. The number of aromatic hydroxyl groups is 2. The number of carbonyl (C=O) groups is 3. The Labute approximate surface area is 180 Å². The second kappa shape index (κ2) is 13.2. The molecule has 0 aliphatic rings. The van der Waals surface area contributed by atoms with Crippen LogP contribution < -0.4 is 0 Å². The molecule has 4 N–H and O–H groups in total. The molecule has 168 valence electrons. The van der Waals surface area contributed by atoms with Crippen molar-refractivity contribution in [2.75, 3.05) is 6.61 Å². The number of phenols is 2. The van der Waals surface area contributed by atoms with Crippen molar-refractivity contribution >= 4 is 29.8 Å². The molecule has 9 heteroatoms. The van der Waals surface area contributed by atoms with E-state index in [2.05, 4.69) is 4.74 Å². The van der Waals surface area contributed by atoms with E-state index >= 15 is 0 Å². The van der Waals surface area contributed by atoms with Crippen molar-refractivity contribution in [3.8, 4) is 11.5 Å². The van der Waals surface area contributed by atoms with Gasteiger partial charge in [-0.2, -0.15) is 0 Å². The van der Waals surface area contributed by atoms with Crippen molar-refractivity contribution in [3.63, 3.8) is 0 Å². The highest BCUT2D eigenvalue weighted by Gasteiger charge is 2.20. The Morgan fingerprint density at radius 1 is 1.03 bits per heavy atom. The lowest BCUT2D eigenvalue weighted by molar-refractivity contribution is -0.167. The van der Waals surface area contributed by atoms with Gasteiger partial charge in [-0.15, -0.1) is 0 Å². The van der Waals surface area contributed by atoms with E-state index in [1.807, 2.05) is 0 Å². The maximum absolute atomic E-state index is 11.4. The van der Waals surface area contributed by atoms with E-state index < -0.39 is 24.6 Å². The highest BCUT2D eigenvalue weighted by Crippen LogP contribution is 2.40. The zero-order chi connectivity index (χ0) is 22.7. The van der Waals surface area contributed by atoms with Gasteiger partial charge in [0.1, 0.15) is 11.5 Å². The Morgan fingerprint density at radius 3 is 2.17 bits per heavy atom. The molecule has 1 aromatic rings. The van der Waals surface area contributed by atoms with E-state index in [4.69, 9.17) is 21.8 Å². The number of benzene rings is 1. The van der Waals surface area contributed by atoms with Crippen molar-refractivity contribution in [3.05, 3.63) is 21.7 Å². The number of aldehydes is 1. The van der Waals surface area contributed by atoms with Crippen LogP contribution >= 0.6 is 11.6 Å². The molecule has 0 bridgehead atoms. The van der Waals surface area contributed by atoms with Gasteiger partial charge in [0, 0.05) is 12.0 Å². The van der Waals surface area contributed by atoms with Gasteiger partial charge >= 0.3 is 11.9 Å². The second-order valence-electron chi connectivity index (χ2n) is 7.11. The monoisotopic (exact) mass is 444 g/mol. The Hall–Kier alpha value is -2.16. The minimum absolute atomic E-state index is 0.0652. The molecule has 0 aliphatic carbocycles. The highest BCUT2D eigenvalue weighted by atomic mass is 35.5. The lowest BCUT2D eigenvalue weighted by Crippen LogP contribution is -2.28. The normalized spacial score (nSPS) is 11.9. The van der Waals surface area contributed by atoms with E-state index in [0.29, 0.717) is 31.1 Å². The van der Waals surface area contributed by atoms with E-state index in [0.717, 1.165) is 32.1 Å². The molecule has 0 spiro atoms. The van der Waals surface area contributed by atoms with Crippen LogP contribution in [0.4, 0.5) is 0 Å². The van der Waals surface area contributed by atoms with Gasteiger partial charge in [-0.05, 0) is 31.7 Å². The second-order valence-corrected chi connectivity index (χ2v) is 7.49. The van der Waals surface area contributed by atoms with Crippen LogP contribution in [0.3, 0.4) is 0 Å². The van der Waals surface area contributed by atoms with Crippen LogP contribution in [0.25, 0.3) is 0 Å². The van der Waals surface area contributed by atoms with Gasteiger partial charge in [-0.3, -0.25) is 9.59 Å². The number of halogens is 1. The van der Waals surface area contributed by atoms with Gasteiger partial charge in [0.15, 0.2) is 12.4 Å². The molecule has 0 aromatic heterocycles. The van der Waals surface area contributed by atoms with Crippen LogP contribution in [0.15, 0.2) is 0 Å². The summed E-state index contributed by atoms with van der Waals surface area (Å²) in [5.41, 5.74) is 0.731. The molecule has 0 amide bonds. The lowest BCUT2D eigenvalue weighted by Gasteiger charge is -2.13. The fraction of sp³-hybridized carbons (Fsp3) is 0.571. The van der Waals surface area contributed by atoms with Crippen LogP contribution in [-0.2, 0) is 20.7 Å². The molecule has 0 saturated carbocycles. The third-order valence-electron chi connectivity index (χ3n) is 4.85. The molecular weight excluding hydrogens is 416 g/mol. The number of unbranched alkanes of at least 4 members (excludes halogenated alkanes) is 6.